The molecule has 5 nitrogen and oxygen atoms in total. The molecular formula is C22H32IN5. The zero-order valence-electron chi connectivity index (χ0n) is 16.9. The summed E-state index contributed by atoms with van der Waals surface area (Å²) in [5.74, 6) is 1.66. The summed E-state index contributed by atoms with van der Waals surface area (Å²) in [6.45, 7) is 7.26. The number of hydrogen-bond donors (Lipinski definition) is 2. The summed E-state index contributed by atoms with van der Waals surface area (Å²) < 4.78 is 0. The second kappa shape index (κ2) is 12.0. The highest BCUT2D eigenvalue weighted by molar-refractivity contribution is 14.0. The highest BCUT2D eigenvalue weighted by Gasteiger charge is 2.15. The molecule has 2 N–H and O–H groups in total. The van der Waals surface area contributed by atoms with Crippen molar-refractivity contribution in [2.24, 2.45) is 10.9 Å². The number of piperidine rings is 1. The number of aliphatic imine (C=N–C) groups is 1. The lowest BCUT2D eigenvalue weighted by atomic mass is 9.98. The van der Waals surface area contributed by atoms with E-state index in [1.54, 1.807) is 7.05 Å². The Labute approximate surface area is 186 Å². The number of likely N-dealkylation sites (tertiary alicyclic amines) is 1. The van der Waals surface area contributed by atoms with Gasteiger partial charge in [-0.25, -0.2) is 0 Å². The van der Waals surface area contributed by atoms with Gasteiger partial charge in [0.05, 0.1) is 12.2 Å². The van der Waals surface area contributed by atoms with E-state index in [-0.39, 0.29) is 24.0 Å². The highest BCUT2D eigenvalue weighted by Crippen LogP contribution is 2.18. The van der Waals surface area contributed by atoms with Gasteiger partial charge in [0, 0.05) is 26.3 Å². The Morgan fingerprint density at radius 3 is 2.54 bits per heavy atom. The van der Waals surface area contributed by atoms with Crippen molar-refractivity contribution in [3.63, 3.8) is 0 Å². The maximum absolute atomic E-state index is 4.33. The third-order valence-electron chi connectivity index (χ3n) is 5.12. The zero-order chi connectivity index (χ0) is 18.9. The van der Waals surface area contributed by atoms with Crippen LogP contribution in [0.4, 0.5) is 0 Å². The number of pyridine rings is 1. The van der Waals surface area contributed by atoms with Crippen molar-refractivity contribution in [1.82, 2.24) is 20.5 Å². The fourth-order valence-electron chi connectivity index (χ4n) is 3.40. The SMILES string of the molecule is CN=C(NCc1cccc(CN2CCC(C)CC2)c1)NCc1ccccn1.I. The van der Waals surface area contributed by atoms with E-state index < -0.39 is 0 Å². The van der Waals surface area contributed by atoms with Crippen molar-refractivity contribution in [3.8, 4) is 0 Å². The van der Waals surface area contributed by atoms with Gasteiger partial charge in [0.1, 0.15) is 0 Å². The summed E-state index contributed by atoms with van der Waals surface area (Å²) in [6, 6.07) is 14.8. The Hall–Kier alpha value is -1.67. The standard InChI is InChI=1S/C22H31N5.HI/c1-18-9-12-27(13-10-18)17-20-7-5-6-19(14-20)15-25-22(23-2)26-16-21-8-3-4-11-24-21;/h3-8,11,14,18H,9-10,12-13,15-17H2,1-2H3,(H2,23,25,26);1H. The van der Waals surface area contributed by atoms with E-state index in [1.165, 1.54) is 37.1 Å². The quantitative estimate of drug-likeness (QED) is 0.365. The van der Waals surface area contributed by atoms with E-state index in [2.05, 4.69) is 56.7 Å². The van der Waals surface area contributed by atoms with Crippen LogP contribution in [0.3, 0.4) is 0 Å². The summed E-state index contributed by atoms with van der Waals surface area (Å²) in [6.07, 6.45) is 4.45. The first kappa shape index (κ1) is 22.6. The molecule has 1 aliphatic rings. The minimum absolute atomic E-state index is 0. The molecule has 152 valence electrons. The molecule has 1 aromatic heterocycles. The van der Waals surface area contributed by atoms with Crippen LogP contribution in [0.1, 0.15) is 36.6 Å². The van der Waals surface area contributed by atoms with Crippen LogP contribution in [0.5, 0.6) is 0 Å². The average Bonchev–Trinajstić information content (AvgIpc) is 2.71. The first-order valence-electron chi connectivity index (χ1n) is 9.87. The van der Waals surface area contributed by atoms with E-state index in [0.29, 0.717) is 6.54 Å². The summed E-state index contributed by atoms with van der Waals surface area (Å²) in [5, 5.41) is 6.70. The Balaban J connectivity index is 0.00000280. The topological polar surface area (TPSA) is 52.6 Å². The maximum Gasteiger partial charge on any atom is 0.191 e. The predicted molar refractivity (Wildman–Crippen MR) is 127 cm³/mol. The molecule has 0 saturated carbocycles. The van der Waals surface area contributed by atoms with Crippen LogP contribution in [-0.2, 0) is 19.6 Å². The highest BCUT2D eigenvalue weighted by atomic mass is 127. The number of guanidine groups is 1. The lowest BCUT2D eigenvalue weighted by Crippen LogP contribution is -2.36. The number of rotatable bonds is 6. The molecule has 0 spiro atoms. The van der Waals surface area contributed by atoms with E-state index in [9.17, 15) is 0 Å². The van der Waals surface area contributed by atoms with Crippen molar-refractivity contribution < 1.29 is 0 Å². The molecule has 0 atom stereocenters. The molecule has 2 aromatic rings. The van der Waals surface area contributed by atoms with Gasteiger partial charge in [-0.2, -0.15) is 0 Å². The molecule has 0 unspecified atom stereocenters. The molecule has 0 bridgehead atoms. The fraction of sp³-hybridized carbons (Fsp3) is 0.455. The van der Waals surface area contributed by atoms with E-state index in [1.807, 2.05) is 24.4 Å². The first-order chi connectivity index (χ1) is 13.2. The van der Waals surface area contributed by atoms with E-state index in [4.69, 9.17) is 0 Å². The second-order valence-corrected chi connectivity index (χ2v) is 7.38. The molecule has 3 rings (SSSR count). The largest absolute Gasteiger partial charge is 0.352 e. The number of benzene rings is 1. The van der Waals surface area contributed by atoms with Gasteiger partial charge >= 0.3 is 0 Å². The van der Waals surface area contributed by atoms with Gasteiger partial charge < -0.3 is 10.6 Å². The van der Waals surface area contributed by atoms with Crippen molar-refractivity contribution >= 4 is 29.9 Å². The first-order valence-corrected chi connectivity index (χ1v) is 9.87. The smallest absolute Gasteiger partial charge is 0.191 e. The average molecular weight is 493 g/mol. The lowest BCUT2D eigenvalue weighted by molar-refractivity contribution is 0.185. The van der Waals surface area contributed by atoms with Crippen LogP contribution in [0.15, 0.2) is 53.7 Å². The zero-order valence-corrected chi connectivity index (χ0v) is 19.2. The van der Waals surface area contributed by atoms with Gasteiger partial charge in [-0.3, -0.25) is 14.9 Å². The van der Waals surface area contributed by atoms with Crippen molar-refractivity contribution in [1.29, 1.82) is 0 Å². The van der Waals surface area contributed by atoms with Crippen molar-refractivity contribution in [2.45, 2.75) is 39.4 Å². The number of halogens is 1. The third kappa shape index (κ3) is 7.39. The number of aromatic nitrogens is 1. The minimum Gasteiger partial charge on any atom is -0.352 e. The van der Waals surface area contributed by atoms with Crippen LogP contribution in [0.25, 0.3) is 0 Å². The molecular weight excluding hydrogens is 461 g/mol. The Morgan fingerprint density at radius 2 is 1.82 bits per heavy atom. The van der Waals surface area contributed by atoms with Gasteiger partial charge in [-0.05, 0) is 55.1 Å². The predicted octanol–water partition coefficient (Wildman–Crippen LogP) is 3.80. The van der Waals surface area contributed by atoms with Crippen LogP contribution >= 0.6 is 24.0 Å². The molecule has 1 fully saturated rings. The number of nitrogens with one attached hydrogen (secondary N) is 2. The van der Waals surface area contributed by atoms with Gasteiger partial charge in [-0.15, -0.1) is 24.0 Å². The molecule has 1 aromatic carbocycles. The van der Waals surface area contributed by atoms with Crippen LogP contribution < -0.4 is 10.6 Å². The summed E-state index contributed by atoms with van der Waals surface area (Å²) in [4.78, 5) is 11.2. The number of nitrogens with zero attached hydrogens (tertiary/aromatic N) is 3. The third-order valence-corrected chi connectivity index (χ3v) is 5.12. The molecule has 28 heavy (non-hydrogen) atoms. The van der Waals surface area contributed by atoms with Crippen LogP contribution in [0.2, 0.25) is 0 Å². The summed E-state index contributed by atoms with van der Waals surface area (Å²) in [7, 11) is 1.79. The van der Waals surface area contributed by atoms with Gasteiger partial charge in [0.2, 0.25) is 0 Å². The number of hydrogen-bond acceptors (Lipinski definition) is 3. The molecule has 6 heteroatoms. The van der Waals surface area contributed by atoms with Crippen molar-refractivity contribution in [2.75, 3.05) is 20.1 Å². The molecule has 1 aliphatic heterocycles. The molecule has 0 amide bonds. The van der Waals surface area contributed by atoms with Crippen LogP contribution in [0, 0.1) is 5.92 Å². The summed E-state index contributed by atoms with van der Waals surface area (Å²) >= 11 is 0. The Morgan fingerprint density at radius 1 is 1.07 bits per heavy atom. The molecule has 2 heterocycles. The summed E-state index contributed by atoms with van der Waals surface area (Å²) in [5.41, 5.74) is 3.66. The van der Waals surface area contributed by atoms with Crippen molar-refractivity contribution in [3.05, 3.63) is 65.5 Å². The fourth-order valence-corrected chi connectivity index (χ4v) is 3.40. The normalized spacial score (nSPS) is 15.7. The molecule has 0 aliphatic carbocycles. The van der Waals surface area contributed by atoms with Gasteiger partial charge in [0.25, 0.3) is 0 Å². The molecule has 1 saturated heterocycles. The minimum atomic E-state index is 0. The monoisotopic (exact) mass is 493 g/mol. The van der Waals surface area contributed by atoms with E-state index in [0.717, 1.165) is 30.7 Å². The molecule has 0 radical (unpaired) electrons. The Bertz CT molecular complexity index is 727. The second-order valence-electron chi connectivity index (χ2n) is 7.38. The van der Waals surface area contributed by atoms with Crippen LogP contribution in [-0.4, -0.2) is 36.0 Å². The Kier molecular flexibility index (Phi) is 9.70. The van der Waals surface area contributed by atoms with Gasteiger partial charge in [0.15, 0.2) is 5.96 Å². The van der Waals surface area contributed by atoms with Gasteiger partial charge in [-0.1, -0.05) is 37.3 Å². The maximum atomic E-state index is 4.33. The van der Waals surface area contributed by atoms with E-state index >= 15 is 0 Å². The lowest BCUT2D eigenvalue weighted by Gasteiger charge is -2.30.